The van der Waals surface area contributed by atoms with Crippen molar-refractivity contribution in [2.75, 3.05) is 0 Å². The first kappa shape index (κ1) is 48.0. The van der Waals surface area contributed by atoms with Gasteiger partial charge >= 0.3 is 0 Å². The Bertz CT molecular complexity index is 7670. The molecule has 0 radical (unpaired) electrons. The topological polar surface area (TPSA) is 15.5 Å². The van der Waals surface area contributed by atoms with Gasteiger partial charge in [-0.1, -0.05) is 230 Å². The average molecular weight is 1600 g/mol. The van der Waals surface area contributed by atoms with Crippen LogP contribution in [0.3, 0.4) is 0 Å². The van der Waals surface area contributed by atoms with Crippen LogP contribution in [0.15, 0.2) is 249 Å². The lowest BCUT2D eigenvalue weighted by Crippen LogP contribution is -2.33. The van der Waals surface area contributed by atoms with Crippen LogP contribution in [0.5, 0.6) is 0 Å². The van der Waals surface area contributed by atoms with E-state index in [9.17, 15) is 1.37 Å². The molecule has 0 saturated heterocycles. The van der Waals surface area contributed by atoms with E-state index in [1.165, 1.54) is 60.8 Å². The van der Waals surface area contributed by atoms with E-state index in [1.807, 2.05) is 62.7 Å². The molecule has 118 heavy (non-hydrogen) atoms. The minimum Gasteiger partial charge on any atom is -0.201 e. The Morgan fingerprint density at radius 3 is 1.02 bits per heavy atom. The molecule has 1 saturated carbocycles. The van der Waals surface area contributed by atoms with E-state index in [0.717, 1.165) is 24.8 Å². The smallest absolute Gasteiger partial charge is 0.201 e. The Hall–Kier alpha value is -11.2. The summed E-state index contributed by atoms with van der Waals surface area (Å²) in [6.07, 6.45) is 8.41. The normalized spacial score (nSPS) is 19.0. The van der Waals surface area contributed by atoms with Gasteiger partial charge in [0, 0.05) is 124 Å². The molecule has 15 rings (SSSR count). The van der Waals surface area contributed by atoms with Crippen LogP contribution in [0.25, 0.3) is 112 Å². The molecule has 1 aliphatic rings. The van der Waals surface area contributed by atoms with Gasteiger partial charge in [0.15, 0.2) is 24.8 Å². The van der Waals surface area contributed by atoms with Crippen molar-refractivity contribution in [3.63, 3.8) is 0 Å². The monoisotopic (exact) mass is 1600 g/mol. The standard InChI is InChI=1S/C29H30N.C29H38N.C28H34N.C28H28N/c1-19-11-7-9-13-24(19)27-17-28(30(6)18-22(27)4)26-16-15-21(3)29(23(26)5)25-14-10-8-12-20(25)2;1-19(2)26-18-30(9)27(16-23(26)17-29(6,7)8)25-15-14-21(4)28(22(25)5)24-13-11-10-12-20(24)3;2*1-19-11-9-10-14-24(19)28-20(2)15-16-25(22(28)4)27-17-26(21(3)18-29(27)5)23-12-7-6-8-13-23/h7-18H,1-6H3;10-16,18-19H,17H2,1-9H3;9-11,14-18,23H,6-8,12-13H2,1-5H3;6-18H,1-5H3/q4*+1/i1D3,2D3,3D3,4D3;3D3,4D3,17D2,19D;1D3,2D3,3D3,23D;1D3,2D3,3D3. The fourth-order valence-electron chi connectivity index (χ4n) is 16.1. The highest BCUT2D eigenvalue weighted by atomic mass is 14.9. The molecule has 0 spiro atoms. The van der Waals surface area contributed by atoms with Gasteiger partial charge in [0.2, 0.25) is 22.8 Å². The fourth-order valence-corrected chi connectivity index (χ4v) is 16.1. The molecule has 10 aromatic carbocycles. The average Bonchev–Trinajstić information content (AvgIpc) is 0.708. The van der Waals surface area contributed by atoms with Gasteiger partial charge in [0.1, 0.15) is 28.2 Å². The van der Waals surface area contributed by atoms with Crippen LogP contribution in [0, 0.1) is 115 Å². The van der Waals surface area contributed by atoms with Gasteiger partial charge in [-0.2, -0.15) is 0 Å². The molecule has 4 heteroatoms. The molecule has 0 aliphatic heterocycles. The number of aromatic nitrogens is 4. The first-order valence-electron chi connectivity index (χ1n) is 59.6. The zero-order valence-corrected chi connectivity index (χ0v) is 69.5. The second-order valence-corrected chi connectivity index (χ2v) is 31.7. The lowest BCUT2D eigenvalue weighted by atomic mass is 9.82. The minimum absolute atomic E-state index is 0.00271. The summed E-state index contributed by atoms with van der Waals surface area (Å²) in [6.45, 7) is -13.8. The highest BCUT2D eigenvalue weighted by Gasteiger charge is 2.29. The second-order valence-electron chi connectivity index (χ2n) is 31.7. The number of hydrogen-bond acceptors (Lipinski definition) is 0. The quantitative estimate of drug-likeness (QED) is 0.102. The van der Waals surface area contributed by atoms with E-state index in [-0.39, 0.29) is 89.0 Å². The van der Waals surface area contributed by atoms with Crippen LogP contribution >= 0.6 is 0 Å². The molecule has 1 aliphatic carbocycles. The maximum atomic E-state index is 9.26. The summed E-state index contributed by atoms with van der Waals surface area (Å²) >= 11 is 0. The SMILES string of the molecule is [2H]C([2H])([2H])c1c[n+](C)c(-c2ccc(C([2H])([2H])[2H])c(-c3ccccc3C([2H])([2H])[2H])c2C)cc1-c1ccccc1.[2H]C([2H])([2H])c1ccccc1-c1c(C([2H])([2H])[2H])ccc(-c2cc(C([2H])([2H])C(C)(C)C)c(C([2H])(C)C)c[n+]2C)c1C.[2H]C([2H])([2H])c1ccccc1-c1c(C([2H])([2H])[2H])ccc(-c2cc(C3([2H])CCCCC3)c(C([2H])([2H])[2H])c[n+]2C)c1C.[2H]C([2H])([2H])c1ccccc1-c1cc(-c2ccc(C([2H])([2H])[2H])c(-c3ccccc3C([2H])([2H])[2H])c2C)[n+](C)cc1C([2H])([2H])[2H]. The van der Waals surface area contributed by atoms with Gasteiger partial charge in [-0.15, -0.1) is 0 Å². The van der Waals surface area contributed by atoms with E-state index in [1.54, 1.807) is 235 Å². The molecular weight excluding hydrogens is 1430 g/mol. The van der Waals surface area contributed by atoms with Crippen molar-refractivity contribution in [2.45, 2.75) is 195 Å². The third-order valence-electron chi connectivity index (χ3n) is 22.0. The first-order valence-corrected chi connectivity index (χ1v) is 39.6. The van der Waals surface area contributed by atoms with Gasteiger partial charge in [-0.25, -0.2) is 18.3 Å². The minimum atomic E-state index is -2.57. The van der Waals surface area contributed by atoms with Crippen LogP contribution in [0.2, 0.25) is 0 Å². The van der Waals surface area contributed by atoms with Gasteiger partial charge in [0.05, 0.1) is 0 Å². The molecule has 602 valence electrons. The van der Waals surface area contributed by atoms with E-state index in [0.29, 0.717) is 136 Å². The Kier molecular flexibility index (Phi) is 15.1. The largest absolute Gasteiger partial charge is 0.213 e. The molecule has 0 amide bonds. The summed E-state index contributed by atoms with van der Waals surface area (Å²) < 4.78 is 336. The van der Waals surface area contributed by atoms with Gasteiger partial charge in [-0.3, -0.25) is 0 Å². The molecule has 14 aromatic rings. The highest BCUT2D eigenvalue weighted by molar-refractivity contribution is 5.86. The van der Waals surface area contributed by atoms with Crippen LogP contribution in [0.1, 0.15) is 239 Å². The molecule has 4 heterocycles. The van der Waals surface area contributed by atoms with Crippen molar-refractivity contribution < 1.29 is 73.1 Å². The third-order valence-corrected chi connectivity index (χ3v) is 22.0. The molecule has 0 unspecified atom stereocenters. The van der Waals surface area contributed by atoms with Crippen molar-refractivity contribution in [1.29, 1.82) is 0 Å². The van der Waals surface area contributed by atoms with Crippen LogP contribution in [-0.2, 0) is 34.6 Å². The zero-order chi connectivity index (χ0) is 118. The summed E-state index contributed by atoms with van der Waals surface area (Å²) in [7, 11) is 6.94. The summed E-state index contributed by atoms with van der Waals surface area (Å²) in [5, 5.41) is 0. The van der Waals surface area contributed by atoms with Crippen molar-refractivity contribution >= 4 is 0 Å². The van der Waals surface area contributed by atoms with E-state index in [2.05, 4.69) is 0 Å². The third kappa shape index (κ3) is 18.8. The lowest BCUT2D eigenvalue weighted by Gasteiger charge is -2.23. The predicted octanol–water partition coefficient (Wildman–Crippen LogP) is 28.4. The molecule has 0 N–H and O–H groups in total. The predicted molar refractivity (Wildman–Crippen MR) is 504 cm³/mol. The van der Waals surface area contributed by atoms with Crippen molar-refractivity contribution in [3.8, 4) is 112 Å². The van der Waals surface area contributed by atoms with E-state index >= 15 is 0 Å². The fraction of sp³-hybridized carbons (Fsp3) is 0.298. The zero-order valence-electron chi connectivity index (χ0n) is 109. The van der Waals surface area contributed by atoms with Crippen molar-refractivity contribution in [3.05, 3.63) is 355 Å². The number of rotatable bonds is 13. The van der Waals surface area contributed by atoms with E-state index < -0.39 is 106 Å². The maximum Gasteiger partial charge on any atom is 0.213 e. The molecule has 4 aromatic heterocycles. The van der Waals surface area contributed by atoms with Gasteiger partial charge in [-0.05, 0) is 321 Å². The number of aryl methyl sites for hydroxylation is 16. The highest BCUT2D eigenvalue weighted by Crippen LogP contribution is 2.43. The summed E-state index contributed by atoms with van der Waals surface area (Å²) in [6, 6.07) is 60.7. The summed E-state index contributed by atoms with van der Waals surface area (Å²) in [4.78, 5) is 0. The number of benzene rings is 10. The Morgan fingerprint density at radius 1 is 0.331 bits per heavy atom. The van der Waals surface area contributed by atoms with Crippen molar-refractivity contribution in [1.82, 2.24) is 0 Å². The van der Waals surface area contributed by atoms with Crippen molar-refractivity contribution in [2.24, 2.45) is 33.6 Å². The molecule has 1 fully saturated rings. The van der Waals surface area contributed by atoms with E-state index in [4.69, 9.17) is 53.5 Å². The summed E-state index contributed by atoms with van der Waals surface area (Å²) in [5.74, 6) is -2.11. The summed E-state index contributed by atoms with van der Waals surface area (Å²) in [5.41, 5.74) is 12.7. The Balaban J connectivity index is 0.000000186. The molecule has 4 nitrogen and oxygen atoms in total. The number of nitrogens with zero attached hydrogens (tertiary/aromatic N) is 4. The van der Waals surface area contributed by atoms with Gasteiger partial charge in [0.25, 0.3) is 0 Å². The Labute approximate surface area is 766 Å². The molecule has 0 atom stereocenters. The molecule has 0 bridgehead atoms. The van der Waals surface area contributed by atoms with Gasteiger partial charge < -0.3 is 0 Å². The maximum absolute atomic E-state index is 9.26. The number of hydrogen-bond donors (Lipinski definition) is 0. The first-order chi connectivity index (χ1) is 72.3. The molecular formula is C114H130N4+4. The second kappa shape index (κ2) is 37.2. The van der Waals surface area contributed by atoms with Crippen LogP contribution < -0.4 is 18.3 Å². The lowest BCUT2D eigenvalue weighted by molar-refractivity contribution is -0.661. The Morgan fingerprint density at radius 2 is 0.644 bits per heavy atom. The van der Waals surface area contributed by atoms with Crippen LogP contribution in [-0.4, -0.2) is 0 Å². The number of pyridine rings is 4. The van der Waals surface area contributed by atoms with Crippen LogP contribution in [0.4, 0.5) is 0 Å².